The van der Waals surface area contributed by atoms with Crippen LogP contribution in [0.25, 0.3) is 21.0 Å². The maximum Gasteiger partial charge on any atom is 0.328 e. The zero-order valence-electron chi connectivity index (χ0n) is 14.5. The van der Waals surface area contributed by atoms with Crippen LogP contribution >= 0.6 is 11.3 Å². The molecule has 26 heavy (non-hydrogen) atoms. The number of rotatable bonds is 5. The van der Waals surface area contributed by atoms with Crippen molar-refractivity contribution in [1.29, 1.82) is 0 Å². The van der Waals surface area contributed by atoms with Gasteiger partial charge in [-0.15, -0.1) is 11.3 Å². The van der Waals surface area contributed by atoms with Crippen molar-refractivity contribution in [3.05, 3.63) is 41.4 Å². The molecule has 3 aromatic rings. The maximum absolute atomic E-state index is 9.55. The standard InChI is InChI=1S/C14H17N3S.C4H4O4/c1-9(2)13-7-11-12(18-13)4-3-10-8-16-17(6-5-15)14(10)11;5-3(6)1-2-4(7)8/h3-4,7-9H,5-6,15H2,1-2H3;1-2H,(H,5,6)(H,7,8). The Morgan fingerprint density at radius 1 is 1.27 bits per heavy atom. The van der Waals surface area contributed by atoms with E-state index < -0.39 is 11.9 Å². The van der Waals surface area contributed by atoms with Gasteiger partial charge in [0.2, 0.25) is 0 Å². The van der Waals surface area contributed by atoms with Crippen LogP contribution in [0.5, 0.6) is 0 Å². The normalized spacial score (nSPS) is 11.2. The quantitative estimate of drug-likeness (QED) is 0.590. The SMILES string of the molecule is CC(C)c1cc2c(ccc3cnn(CCN)c32)s1.O=C(O)C=CC(=O)O. The van der Waals surface area contributed by atoms with Crippen molar-refractivity contribution in [3.8, 4) is 0 Å². The second kappa shape index (κ2) is 8.59. The Hall–Kier alpha value is -2.71. The molecule has 0 amide bonds. The number of thiophene rings is 1. The molecule has 0 saturated heterocycles. The van der Waals surface area contributed by atoms with E-state index in [1.165, 1.54) is 25.9 Å². The highest BCUT2D eigenvalue weighted by Crippen LogP contribution is 2.35. The molecule has 4 N–H and O–H groups in total. The Morgan fingerprint density at radius 2 is 1.92 bits per heavy atom. The lowest BCUT2D eigenvalue weighted by Crippen LogP contribution is -2.10. The van der Waals surface area contributed by atoms with Gasteiger partial charge in [0.25, 0.3) is 0 Å². The molecule has 8 heteroatoms. The molecule has 0 bridgehead atoms. The topological polar surface area (TPSA) is 118 Å². The molecule has 0 fully saturated rings. The number of hydrogen-bond acceptors (Lipinski definition) is 5. The van der Waals surface area contributed by atoms with Crippen molar-refractivity contribution in [3.63, 3.8) is 0 Å². The van der Waals surface area contributed by atoms with Crippen LogP contribution in [-0.4, -0.2) is 38.5 Å². The van der Waals surface area contributed by atoms with E-state index in [0.717, 1.165) is 6.54 Å². The second-order valence-corrected chi connectivity index (χ2v) is 7.00. The first kappa shape index (κ1) is 19.6. The van der Waals surface area contributed by atoms with Crippen LogP contribution < -0.4 is 5.73 Å². The van der Waals surface area contributed by atoms with Crippen molar-refractivity contribution >= 4 is 44.3 Å². The molecule has 0 unspecified atom stereocenters. The first-order valence-corrected chi connectivity index (χ1v) is 8.87. The summed E-state index contributed by atoms with van der Waals surface area (Å²) in [5.74, 6) is -1.94. The highest BCUT2D eigenvalue weighted by Gasteiger charge is 2.11. The zero-order valence-corrected chi connectivity index (χ0v) is 15.4. The Morgan fingerprint density at radius 3 is 2.46 bits per heavy atom. The molecule has 0 radical (unpaired) electrons. The Balaban J connectivity index is 0.000000260. The molecular weight excluding hydrogens is 354 g/mol. The van der Waals surface area contributed by atoms with Gasteiger partial charge in [-0.1, -0.05) is 13.8 Å². The van der Waals surface area contributed by atoms with E-state index in [0.29, 0.717) is 24.6 Å². The number of carboxylic acids is 2. The van der Waals surface area contributed by atoms with Gasteiger partial charge >= 0.3 is 11.9 Å². The summed E-state index contributed by atoms with van der Waals surface area (Å²) >= 11 is 1.88. The van der Waals surface area contributed by atoms with Crippen LogP contribution in [0.15, 0.2) is 36.5 Å². The fourth-order valence-electron chi connectivity index (χ4n) is 2.43. The molecular formula is C18H21N3O4S. The smallest absolute Gasteiger partial charge is 0.328 e. The third kappa shape index (κ3) is 4.68. The molecule has 2 aromatic heterocycles. The summed E-state index contributed by atoms with van der Waals surface area (Å²) < 4.78 is 3.36. The van der Waals surface area contributed by atoms with Gasteiger partial charge in [-0.05, 0) is 24.1 Å². The summed E-state index contributed by atoms with van der Waals surface area (Å²) in [6.45, 7) is 5.86. The van der Waals surface area contributed by atoms with Crippen LogP contribution in [0.3, 0.4) is 0 Å². The van der Waals surface area contributed by atoms with Crippen LogP contribution in [0, 0.1) is 0 Å². The Kier molecular flexibility index (Phi) is 6.48. The molecule has 0 aliphatic rings. The average molecular weight is 375 g/mol. The van der Waals surface area contributed by atoms with Gasteiger partial charge in [0, 0.05) is 39.0 Å². The van der Waals surface area contributed by atoms with Crippen LogP contribution in [-0.2, 0) is 16.1 Å². The minimum absolute atomic E-state index is 0.558. The lowest BCUT2D eigenvalue weighted by atomic mass is 10.1. The number of nitrogens with zero attached hydrogens (tertiary/aromatic N) is 2. The fourth-order valence-corrected chi connectivity index (χ4v) is 3.50. The predicted octanol–water partition coefficient (Wildman–Crippen LogP) is 3.04. The van der Waals surface area contributed by atoms with E-state index in [9.17, 15) is 9.59 Å². The summed E-state index contributed by atoms with van der Waals surface area (Å²) in [6.07, 6.45) is 3.04. The van der Waals surface area contributed by atoms with E-state index in [1.54, 1.807) is 0 Å². The Bertz CT molecular complexity index is 940. The number of carboxylic acid groups (broad SMARTS) is 2. The van der Waals surface area contributed by atoms with Gasteiger partial charge < -0.3 is 15.9 Å². The molecule has 3 rings (SSSR count). The Labute approximate surface area is 154 Å². The van der Waals surface area contributed by atoms with Gasteiger partial charge in [0.1, 0.15) is 0 Å². The molecule has 0 spiro atoms. The number of fused-ring (bicyclic) bond motifs is 3. The molecule has 2 heterocycles. The van der Waals surface area contributed by atoms with Gasteiger partial charge in [-0.25, -0.2) is 9.59 Å². The van der Waals surface area contributed by atoms with Crippen molar-refractivity contribution in [2.75, 3.05) is 6.54 Å². The summed E-state index contributed by atoms with van der Waals surface area (Å²) in [6, 6.07) is 6.66. The number of nitrogens with two attached hydrogens (primary N) is 1. The van der Waals surface area contributed by atoms with Gasteiger partial charge in [0.15, 0.2) is 0 Å². The van der Waals surface area contributed by atoms with Crippen LogP contribution in [0.4, 0.5) is 0 Å². The minimum Gasteiger partial charge on any atom is -0.478 e. The van der Waals surface area contributed by atoms with Crippen molar-refractivity contribution in [2.24, 2.45) is 5.73 Å². The molecule has 7 nitrogen and oxygen atoms in total. The van der Waals surface area contributed by atoms with Crippen molar-refractivity contribution < 1.29 is 19.8 Å². The first-order chi connectivity index (χ1) is 12.3. The summed E-state index contributed by atoms with van der Waals surface area (Å²) in [4.78, 5) is 20.5. The summed E-state index contributed by atoms with van der Waals surface area (Å²) in [5, 5.41) is 22.6. The number of carbonyl (C=O) groups is 2. The lowest BCUT2D eigenvalue weighted by Gasteiger charge is -2.01. The lowest BCUT2D eigenvalue weighted by molar-refractivity contribution is -0.134. The van der Waals surface area contributed by atoms with E-state index in [2.05, 4.69) is 37.1 Å². The van der Waals surface area contributed by atoms with E-state index >= 15 is 0 Å². The molecule has 0 aliphatic heterocycles. The predicted molar refractivity (Wildman–Crippen MR) is 103 cm³/mol. The molecule has 1 aromatic carbocycles. The van der Waals surface area contributed by atoms with Gasteiger partial charge in [-0.3, -0.25) is 4.68 Å². The average Bonchev–Trinajstić information content (AvgIpc) is 3.17. The highest BCUT2D eigenvalue weighted by molar-refractivity contribution is 7.19. The van der Waals surface area contributed by atoms with Crippen molar-refractivity contribution in [1.82, 2.24) is 9.78 Å². The summed E-state index contributed by atoms with van der Waals surface area (Å²) in [7, 11) is 0. The van der Waals surface area contributed by atoms with E-state index in [-0.39, 0.29) is 0 Å². The third-order valence-electron chi connectivity index (χ3n) is 3.60. The maximum atomic E-state index is 9.55. The zero-order chi connectivity index (χ0) is 19.3. The van der Waals surface area contributed by atoms with Crippen LogP contribution in [0.2, 0.25) is 0 Å². The van der Waals surface area contributed by atoms with Gasteiger partial charge in [-0.2, -0.15) is 5.10 Å². The largest absolute Gasteiger partial charge is 0.478 e. The van der Waals surface area contributed by atoms with E-state index in [1.807, 2.05) is 22.2 Å². The van der Waals surface area contributed by atoms with E-state index in [4.69, 9.17) is 15.9 Å². The number of hydrogen-bond donors (Lipinski definition) is 3. The number of aliphatic carboxylic acids is 2. The first-order valence-electron chi connectivity index (χ1n) is 8.05. The third-order valence-corrected chi connectivity index (χ3v) is 5.00. The number of benzene rings is 1. The number of aromatic nitrogens is 2. The molecule has 138 valence electrons. The van der Waals surface area contributed by atoms with Crippen molar-refractivity contribution in [2.45, 2.75) is 26.3 Å². The van der Waals surface area contributed by atoms with Gasteiger partial charge in [0.05, 0.1) is 18.3 Å². The molecule has 0 atom stereocenters. The molecule has 0 saturated carbocycles. The fraction of sp³-hybridized carbons (Fsp3) is 0.278. The highest BCUT2D eigenvalue weighted by atomic mass is 32.1. The second-order valence-electron chi connectivity index (χ2n) is 5.88. The van der Waals surface area contributed by atoms with Crippen LogP contribution in [0.1, 0.15) is 24.6 Å². The minimum atomic E-state index is -1.26. The monoisotopic (exact) mass is 375 g/mol. The molecule has 0 aliphatic carbocycles. The summed E-state index contributed by atoms with van der Waals surface area (Å²) in [5.41, 5.74) is 6.87.